The highest BCUT2D eigenvalue weighted by molar-refractivity contribution is 6.31. The summed E-state index contributed by atoms with van der Waals surface area (Å²) in [6, 6.07) is 16.2. The van der Waals surface area contributed by atoms with E-state index < -0.39 is 0 Å². The topological polar surface area (TPSA) is 68.3 Å². The van der Waals surface area contributed by atoms with Crippen LogP contribution < -0.4 is 16.1 Å². The van der Waals surface area contributed by atoms with Gasteiger partial charge in [0.05, 0.1) is 6.54 Å². The number of rotatable bonds is 5. The summed E-state index contributed by atoms with van der Waals surface area (Å²) < 4.78 is 4.49. The second-order valence-electron chi connectivity index (χ2n) is 9.22. The highest BCUT2D eigenvalue weighted by Gasteiger charge is 2.26. The minimum absolute atomic E-state index is 0.355. The van der Waals surface area contributed by atoms with E-state index in [0.29, 0.717) is 28.7 Å². The van der Waals surface area contributed by atoms with E-state index in [1.165, 1.54) is 22.7 Å². The van der Waals surface area contributed by atoms with Crippen molar-refractivity contribution in [1.29, 1.82) is 0 Å². The van der Waals surface area contributed by atoms with Gasteiger partial charge in [-0.25, -0.2) is 4.79 Å². The van der Waals surface area contributed by atoms with Crippen LogP contribution in [0.2, 0.25) is 5.02 Å². The smallest absolute Gasteiger partial charge is 0.332 e. The molecule has 5 rings (SSSR count). The van der Waals surface area contributed by atoms with E-state index in [2.05, 4.69) is 41.0 Å². The van der Waals surface area contributed by atoms with E-state index >= 15 is 0 Å². The molecule has 0 amide bonds. The number of aromatic nitrogens is 4. The maximum atomic E-state index is 13.2. The van der Waals surface area contributed by atoms with E-state index in [1.54, 1.807) is 7.05 Å². The average molecular weight is 493 g/mol. The van der Waals surface area contributed by atoms with E-state index in [-0.39, 0.29) is 11.2 Å². The molecule has 0 spiro atoms. The van der Waals surface area contributed by atoms with Gasteiger partial charge in [-0.05, 0) is 24.1 Å². The molecule has 1 aliphatic rings. The van der Waals surface area contributed by atoms with Gasteiger partial charge >= 0.3 is 5.69 Å². The second kappa shape index (κ2) is 9.36. The molecule has 4 aromatic rings. The Bertz CT molecular complexity index is 1510. The molecule has 3 heterocycles. The van der Waals surface area contributed by atoms with Crippen LogP contribution in [0.15, 0.2) is 58.1 Å². The van der Waals surface area contributed by atoms with Crippen LogP contribution in [0.1, 0.15) is 16.7 Å². The predicted octanol–water partition coefficient (Wildman–Crippen LogP) is 2.77. The Hall–Kier alpha value is -3.36. The molecule has 0 aliphatic carbocycles. The molecule has 1 aliphatic heterocycles. The Morgan fingerprint density at radius 2 is 1.66 bits per heavy atom. The Kier molecular flexibility index (Phi) is 6.25. The molecule has 8 nitrogen and oxygen atoms in total. The molecule has 0 atom stereocenters. The van der Waals surface area contributed by atoms with Crippen molar-refractivity contribution >= 4 is 28.7 Å². The summed E-state index contributed by atoms with van der Waals surface area (Å²) in [5.41, 5.74) is 3.52. The molecule has 182 valence electrons. The second-order valence-corrected chi connectivity index (χ2v) is 9.63. The molecular formula is C26H29ClN6O2. The number of piperazine rings is 1. The standard InChI is InChI=1S/C26H29ClN6O2/c1-18-7-6-8-19(15-18)16-31-11-13-32(14-12-31)25-28-23-22(24(34)30(3)26(35)29(23)2)33(25)17-20-9-4-5-10-21(20)27/h4-10,15H,11-14,16-17H2,1-3H3. The van der Waals surface area contributed by atoms with Gasteiger partial charge < -0.3 is 4.90 Å². The quantitative estimate of drug-likeness (QED) is 0.428. The molecule has 1 fully saturated rings. The van der Waals surface area contributed by atoms with Crippen LogP contribution in [0.5, 0.6) is 0 Å². The summed E-state index contributed by atoms with van der Waals surface area (Å²) in [5.74, 6) is 0.688. The van der Waals surface area contributed by atoms with E-state index in [4.69, 9.17) is 16.6 Å². The summed E-state index contributed by atoms with van der Waals surface area (Å²) in [7, 11) is 3.15. The van der Waals surface area contributed by atoms with E-state index in [1.807, 2.05) is 28.8 Å². The van der Waals surface area contributed by atoms with Gasteiger partial charge in [0.25, 0.3) is 5.56 Å². The Balaban J connectivity index is 1.50. The van der Waals surface area contributed by atoms with Crippen molar-refractivity contribution < 1.29 is 0 Å². The van der Waals surface area contributed by atoms with Crippen LogP contribution in [0.25, 0.3) is 11.2 Å². The van der Waals surface area contributed by atoms with Crippen molar-refractivity contribution in [1.82, 2.24) is 23.6 Å². The van der Waals surface area contributed by atoms with Gasteiger partial charge in [0.15, 0.2) is 11.2 Å². The van der Waals surface area contributed by atoms with Crippen LogP contribution in [-0.4, -0.2) is 49.8 Å². The predicted molar refractivity (Wildman–Crippen MR) is 139 cm³/mol. The minimum Gasteiger partial charge on any atom is -0.340 e. The lowest BCUT2D eigenvalue weighted by atomic mass is 10.1. The first-order valence-corrected chi connectivity index (χ1v) is 12.1. The summed E-state index contributed by atoms with van der Waals surface area (Å²) in [5, 5.41) is 0.630. The van der Waals surface area contributed by atoms with Crippen LogP contribution in [0, 0.1) is 6.92 Å². The van der Waals surface area contributed by atoms with Gasteiger partial charge in [0.1, 0.15) is 0 Å². The highest BCUT2D eigenvalue weighted by atomic mass is 35.5. The Morgan fingerprint density at radius 1 is 0.914 bits per heavy atom. The van der Waals surface area contributed by atoms with Crippen molar-refractivity contribution in [2.24, 2.45) is 14.1 Å². The van der Waals surface area contributed by atoms with Crippen LogP contribution in [0.3, 0.4) is 0 Å². The first-order valence-electron chi connectivity index (χ1n) is 11.8. The first kappa shape index (κ1) is 23.4. The summed E-state index contributed by atoms with van der Waals surface area (Å²) in [4.78, 5) is 35.2. The Labute approximate surface area is 208 Å². The van der Waals surface area contributed by atoms with Crippen LogP contribution >= 0.6 is 11.6 Å². The summed E-state index contributed by atoms with van der Waals surface area (Å²) in [6.07, 6.45) is 0. The number of halogens is 1. The van der Waals surface area contributed by atoms with E-state index in [0.717, 1.165) is 42.9 Å². The summed E-state index contributed by atoms with van der Waals surface area (Å²) in [6.45, 7) is 6.70. The number of hydrogen-bond acceptors (Lipinski definition) is 5. The fourth-order valence-electron chi connectivity index (χ4n) is 4.80. The Morgan fingerprint density at radius 3 is 2.37 bits per heavy atom. The lowest BCUT2D eigenvalue weighted by Gasteiger charge is -2.35. The number of imidazole rings is 1. The third-order valence-corrected chi connectivity index (χ3v) is 7.13. The van der Waals surface area contributed by atoms with Crippen molar-refractivity contribution in [2.75, 3.05) is 31.1 Å². The number of fused-ring (bicyclic) bond motifs is 1. The molecular weight excluding hydrogens is 464 g/mol. The number of nitrogens with zero attached hydrogens (tertiary/aromatic N) is 6. The maximum absolute atomic E-state index is 13.2. The third-order valence-electron chi connectivity index (χ3n) is 6.76. The van der Waals surface area contributed by atoms with Gasteiger partial charge in [-0.2, -0.15) is 4.98 Å². The first-order chi connectivity index (χ1) is 16.8. The normalized spacial score (nSPS) is 14.7. The van der Waals surface area contributed by atoms with Crippen LogP contribution in [0.4, 0.5) is 5.95 Å². The molecule has 2 aromatic carbocycles. The molecule has 0 radical (unpaired) electrons. The van der Waals surface area contributed by atoms with Crippen molar-refractivity contribution in [3.63, 3.8) is 0 Å². The molecule has 2 aromatic heterocycles. The fourth-order valence-corrected chi connectivity index (χ4v) is 4.99. The monoisotopic (exact) mass is 492 g/mol. The molecule has 0 bridgehead atoms. The van der Waals surface area contributed by atoms with Gasteiger partial charge in [-0.3, -0.25) is 23.4 Å². The van der Waals surface area contributed by atoms with E-state index in [9.17, 15) is 9.59 Å². The zero-order valence-corrected chi connectivity index (χ0v) is 21.0. The fraction of sp³-hybridized carbons (Fsp3) is 0.346. The molecule has 1 saturated heterocycles. The lowest BCUT2D eigenvalue weighted by Crippen LogP contribution is -2.47. The van der Waals surface area contributed by atoms with Gasteiger partial charge in [0, 0.05) is 51.8 Å². The molecule has 0 unspecified atom stereocenters. The number of hydrogen-bond donors (Lipinski definition) is 0. The highest BCUT2D eigenvalue weighted by Crippen LogP contribution is 2.25. The number of anilines is 1. The minimum atomic E-state index is -0.389. The van der Waals surface area contributed by atoms with Gasteiger partial charge in [0.2, 0.25) is 5.95 Å². The van der Waals surface area contributed by atoms with Crippen molar-refractivity contribution in [3.8, 4) is 0 Å². The van der Waals surface area contributed by atoms with Gasteiger partial charge in [-0.1, -0.05) is 59.6 Å². The summed E-state index contributed by atoms with van der Waals surface area (Å²) >= 11 is 6.47. The number of benzene rings is 2. The van der Waals surface area contributed by atoms with Gasteiger partial charge in [-0.15, -0.1) is 0 Å². The largest absolute Gasteiger partial charge is 0.340 e. The average Bonchev–Trinajstić information content (AvgIpc) is 3.22. The lowest BCUT2D eigenvalue weighted by molar-refractivity contribution is 0.248. The zero-order chi connectivity index (χ0) is 24.7. The van der Waals surface area contributed by atoms with Crippen molar-refractivity contribution in [2.45, 2.75) is 20.0 Å². The van der Waals surface area contributed by atoms with Crippen molar-refractivity contribution in [3.05, 3.63) is 91.1 Å². The zero-order valence-electron chi connectivity index (χ0n) is 20.2. The number of aryl methyl sites for hydroxylation is 2. The third kappa shape index (κ3) is 4.39. The molecule has 35 heavy (non-hydrogen) atoms. The molecule has 0 N–H and O–H groups in total. The maximum Gasteiger partial charge on any atom is 0.332 e. The van der Waals surface area contributed by atoms with Crippen LogP contribution in [-0.2, 0) is 27.2 Å². The molecule has 0 saturated carbocycles. The molecule has 9 heteroatoms. The SMILES string of the molecule is Cc1cccc(CN2CCN(c3nc4c(c(=O)n(C)c(=O)n4C)n3Cc3ccccc3Cl)CC2)c1.